The minimum atomic E-state index is -0.647. The van der Waals surface area contributed by atoms with Gasteiger partial charge in [0.2, 0.25) is 11.5 Å². The van der Waals surface area contributed by atoms with Gasteiger partial charge in [0.05, 0.1) is 13.3 Å². The fourth-order valence-corrected chi connectivity index (χ4v) is 3.40. The Morgan fingerprint density at radius 1 is 1.07 bits per heavy atom. The summed E-state index contributed by atoms with van der Waals surface area (Å²) in [5.41, 5.74) is 2.30. The van der Waals surface area contributed by atoms with E-state index in [1.165, 1.54) is 18.9 Å². The Kier molecular flexibility index (Phi) is 4.93. The van der Waals surface area contributed by atoms with Gasteiger partial charge in [0.15, 0.2) is 0 Å². The van der Waals surface area contributed by atoms with Crippen LogP contribution in [0, 0.1) is 5.92 Å². The lowest BCUT2D eigenvalue weighted by Crippen LogP contribution is -2.23. The summed E-state index contributed by atoms with van der Waals surface area (Å²) in [6.45, 7) is 0. The molecule has 0 aliphatic heterocycles. The molecule has 0 amide bonds. The second-order valence-corrected chi connectivity index (χ2v) is 6.67. The van der Waals surface area contributed by atoms with E-state index >= 15 is 0 Å². The molecule has 0 saturated heterocycles. The number of esters is 1. The van der Waals surface area contributed by atoms with Crippen molar-refractivity contribution in [1.82, 2.24) is 4.98 Å². The number of para-hydroxylation sites is 1. The third-order valence-corrected chi connectivity index (χ3v) is 4.86. The summed E-state index contributed by atoms with van der Waals surface area (Å²) < 4.78 is 15.7. The minimum absolute atomic E-state index is 0.0436. The number of aromatic nitrogens is 1. The Morgan fingerprint density at radius 2 is 1.89 bits per heavy atom. The first-order valence-corrected chi connectivity index (χ1v) is 9.07. The Balaban J connectivity index is 1.46. The third kappa shape index (κ3) is 3.67. The molecule has 3 aromatic rings. The zero-order valence-corrected chi connectivity index (χ0v) is 15.4. The van der Waals surface area contributed by atoms with E-state index in [1.807, 2.05) is 48.5 Å². The van der Waals surface area contributed by atoms with Crippen molar-refractivity contribution in [3.05, 3.63) is 77.5 Å². The van der Waals surface area contributed by atoms with E-state index in [1.54, 1.807) is 0 Å². The quantitative estimate of drug-likeness (QED) is 0.489. The Morgan fingerprint density at radius 3 is 2.68 bits per heavy atom. The summed E-state index contributed by atoms with van der Waals surface area (Å²) in [5.74, 6) is 0.402. The van der Waals surface area contributed by atoms with Crippen LogP contribution in [0.3, 0.4) is 0 Å². The topological polar surface area (TPSA) is 78.6 Å². The highest BCUT2D eigenvalue weighted by Crippen LogP contribution is 2.32. The molecule has 0 saturated carbocycles. The van der Waals surface area contributed by atoms with Crippen molar-refractivity contribution in [1.29, 1.82) is 0 Å². The molecule has 6 nitrogen and oxygen atoms in total. The fraction of sp³-hybridized carbons (Fsp3) is 0.227. The molecule has 1 aliphatic rings. The van der Waals surface area contributed by atoms with E-state index in [2.05, 4.69) is 9.72 Å². The maximum Gasteiger partial charge on any atom is 0.375 e. The summed E-state index contributed by atoms with van der Waals surface area (Å²) in [5, 5.41) is 0. The van der Waals surface area contributed by atoms with Crippen molar-refractivity contribution < 1.29 is 23.5 Å². The van der Waals surface area contributed by atoms with E-state index in [-0.39, 0.29) is 23.4 Å². The number of hydrogen-bond acceptors (Lipinski definition) is 6. The van der Waals surface area contributed by atoms with Crippen LogP contribution >= 0.6 is 0 Å². The highest BCUT2D eigenvalue weighted by atomic mass is 16.5. The van der Waals surface area contributed by atoms with Crippen LogP contribution in [0.25, 0.3) is 0 Å². The van der Waals surface area contributed by atoms with Gasteiger partial charge in [0.1, 0.15) is 11.5 Å². The van der Waals surface area contributed by atoms with Crippen molar-refractivity contribution in [2.24, 2.45) is 5.92 Å². The first kappa shape index (κ1) is 18.0. The number of oxazole rings is 1. The van der Waals surface area contributed by atoms with Gasteiger partial charge in [-0.1, -0.05) is 24.3 Å². The zero-order valence-electron chi connectivity index (χ0n) is 15.4. The van der Waals surface area contributed by atoms with Crippen LogP contribution in [0.2, 0.25) is 0 Å². The van der Waals surface area contributed by atoms with Gasteiger partial charge in [-0.05, 0) is 54.7 Å². The monoisotopic (exact) mass is 377 g/mol. The number of rotatable bonds is 5. The van der Waals surface area contributed by atoms with Crippen LogP contribution in [0.5, 0.6) is 11.5 Å². The standard InChI is InChI=1S/C22H19NO5/c1-26-22(25)19-13-23-21(28-19)20(24)16-8-7-15-12-18(10-9-14(15)11-16)27-17-5-3-2-4-6-17/h2-6,9-10,12-13,16H,7-8,11H2,1H3/t16-/m1/s1. The predicted molar refractivity (Wildman–Crippen MR) is 101 cm³/mol. The van der Waals surface area contributed by atoms with E-state index in [4.69, 9.17) is 9.15 Å². The summed E-state index contributed by atoms with van der Waals surface area (Å²) in [6.07, 6.45) is 3.29. The van der Waals surface area contributed by atoms with Crippen LogP contribution < -0.4 is 4.74 Å². The molecule has 142 valence electrons. The third-order valence-electron chi connectivity index (χ3n) is 4.86. The second-order valence-electron chi connectivity index (χ2n) is 6.67. The van der Waals surface area contributed by atoms with E-state index < -0.39 is 5.97 Å². The lowest BCUT2D eigenvalue weighted by Gasteiger charge is -2.23. The Labute approximate surface area is 162 Å². The first-order chi connectivity index (χ1) is 13.6. The van der Waals surface area contributed by atoms with Crippen LogP contribution in [-0.4, -0.2) is 23.8 Å². The number of aryl methyl sites for hydroxylation is 1. The van der Waals surface area contributed by atoms with Gasteiger partial charge in [-0.2, -0.15) is 0 Å². The molecule has 0 bridgehead atoms. The van der Waals surface area contributed by atoms with Gasteiger partial charge in [-0.3, -0.25) is 4.79 Å². The fourth-order valence-electron chi connectivity index (χ4n) is 3.40. The van der Waals surface area contributed by atoms with Crippen molar-refractivity contribution in [2.45, 2.75) is 19.3 Å². The predicted octanol–water partition coefficient (Wildman–Crippen LogP) is 4.24. The number of carbonyl (C=O) groups excluding carboxylic acids is 2. The zero-order chi connectivity index (χ0) is 19.5. The lowest BCUT2D eigenvalue weighted by atomic mass is 9.81. The van der Waals surface area contributed by atoms with Crippen molar-refractivity contribution >= 4 is 11.8 Å². The van der Waals surface area contributed by atoms with Crippen molar-refractivity contribution in [3.63, 3.8) is 0 Å². The van der Waals surface area contributed by atoms with E-state index in [0.717, 1.165) is 23.5 Å². The summed E-state index contributed by atoms with van der Waals surface area (Å²) in [4.78, 5) is 28.1. The lowest BCUT2D eigenvalue weighted by molar-refractivity contribution is 0.0562. The van der Waals surface area contributed by atoms with Crippen molar-refractivity contribution in [3.8, 4) is 11.5 Å². The number of Topliss-reactive ketones (excluding diaryl/α,β-unsaturated/α-hetero) is 1. The normalized spacial score (nSPS) is 15.5. The molecule has 28 heavy (non-hydrogen) atoms. The summed E-state index contributed by atoms with van der Waals surface area (Å²) >= 11 is 0. The molecule has 1 aliphatic carbocycles. The molecule has 1 atom stereocenters. The molecular formula is C22H19NO5. The van der Waals surface area contributed by atoms with Crippen LogP contribution in [0.15, 0.2) is 59.1 Å². The molecule has 2 aromatic carbocycles. The number of hydrogen-bond donors (Lipinski definition) is 0. The Bertz CT molecular complexity index is 1010. The maximum atomic E-state index is 12.7. The van der Waals surface area contributed by atoms with Crippen LogP contribution in [0.1, 0.15) is 38.8 Å². The SMILES string of the molecule is COC(=O)c1cnc(C(=O)[C@@H]2CCc3cc(Oc4ccccc4)ccc3C2)o1. The van der Waals surface area contributed by atoms with Gasteiger partial charge in [-0.15, -0.1) is 0 Å². The Hall–Kier alpha value is -3.41. The molecule has 1 heterocycles. The number of ether oxygens (including phenoxy) is 2. The summed E-state index contributed by atoms with van der Waals surface area (Å²) in [6, 6.07) is 15.6. The van der Waals surface area contributed by atoms with Gasteiger partial charge in [-0.25, -0.2) is 9.78 Å². The van der Waals surface area contributed by atoms with Crippen LogP contribution in [0.4, 0.5) is 0 Å². The largest absolute Gasteiger partial charge is 0.463 e. The van der Waals surface area contributed by atoms with Crippen LogP contribution in [-0.2, 0) is 17.6 Å². The number of carbonyl (C=O) groups is 2. The second kappa shape index (κ2) is 7.68. The molecular weight excluding hydrogens is 358 g/mol. The molecule has 1 aromatic heterocycles. The number of methoxy groups -OCH3 is 1. The molecule has 4 rings (SSSR count). The molecule has 0 radical (unpaired) electrons. The highest BCUT2D eigenvalue weighted by molar-refractivity contribution is 5.95. The maximum absolute atomic E-state index is 12.7. The molecule has 0 fully saturated rings. The van der Waals surface area contributed by atoms with E-state index in [0.29, 0.717) is 12.8 Å². The van der Waals surface area contributed by atoms with E-state index in [9.17, 15) is 9.59 Å². The number of ketones is 1. The van der Waals surface area contributed by atoms with Gasteiger partial charge in [0.25, 0.3) is 5.89 Å². The molecule has 0 N–H and O–H groups in total. The smallest absolute Gasteiger partial charge is 0.375 e. The average molecular weight is 377 g/mol. The number of benzene rings is 2. The highest BCUT2D eigenvalue weighted by Gasteiger charge is 2.29. The number of fused-ring (bicyclic) bond motifs is 1. The van der Waals surface area contributed by atoms with Crippen molar-refractivity contribution in [2.75, 3.05) is 7.11 Å². The molecule has 0 unspecified atom stereocenters. The first-order valence-electron chi connectivity index (χ1n) is 9.07. The average Bonchev–Trinajstić information content (AvgIpc) is 3.23. The molecule has 6 heteroatoms. The van der Waals surface area contributed by atoms with Gasteiger partial charge < -0.3 is 13.9 Å². The van der Waals surface area contributed by atoms with Gasteiger partial charge >= 0.3 is 5.97 Å². The number of nitrogens with zero attached hydrogens (tertiary/aromatic N) is 1. The van der Waals surface area contributed by atoms with Gasteiger partial charge in [0, 0.05) is 5.92 Å². The summed E-state index contributed by atoms with van der Waals surface area (Å²) in [7, 11) is 1.25. The minimum Gasteiger partial charge on any atom is -0.463 e. The molecule has 0 spiro atoms.